The summed E-state index contributed by atoms with van der Waals surface area (Å²) in [6, 6.07) is 10.5. The van der Waals surface area contributed by atoms with E-state index < -0.39 is 5.82 Å². The predicted molar refractivity (Wildman–Crippen MR) is 73.3 cm³/mol. The molecule has 1 nitrogen and oxygen atoms in total. The normalized spacial score (nSPS) is 12.4. The van der Waals surface area contributed by atoms with Crippen molar-refractivity contribution in [2.75, 3.05) is 6.54 Å². The van der Waals surface area contributed by atoms with Gasteiger partial charge in [0.1, 0.15) is 11.6 Å². The molecule has 0 saturated carbocycles. The van der Waals surface area contributed by atoms with Crippen molar-refractivity contribution >= 4 is 11.6 Å². The summed E-state index contributed by atoms with van der Waals surface area (Å²) in [6.45, 7) is 2.64. The van der Waals surface area contributed by atoms with Crippen LogP contribution < -0.4 is 5.32 Å². The van der Waals surface area contributed by atoms with Crippen LogP contribution in [0.5, 0.6) is 0 Å². The second kappa shape index (κ2) is 6.13. The van der Waals surface area contributed by atoms with Gasteiger partial charge in [0.2, 0.25) is 0 Å². The minimum atomic E-state index is -0.454. The molecule has 0 saturated heterocycles. The van der Waals surface area contributed by atoms with Gasteiger partial charge in [0.05, 0.1) is 11.1 Å². The standard InChI is InChI=1S/C15H14ClF2N/c1-2-19-15(10-6-8-11(17)9-7-10)12-4-3-5-13(18)14(12)16/h3-9,15,19H,2H2,1H3. The second-order valence-corrected chi connectivity index (χ2v) is 4.56. The van der Waals surface area contributed by atoms with E-state index in [1.165, 1.54) is 18.2 Å². The Kier molecular flexibility index (Phi) is 4.51. The molecule has 0 aliphatic rings. The molecule has 0 heterocycles. The quantitative estimate of drug-likeness (QED) is 0.880. The molecule has 1 N–H and O–H groups in total. The van der Waals surface area contributed by atoms with Gasteiger partial charge in [-0.25, -0.2) is 8.78 Å². The van der Waals surface area contributed by atoms with Crippen LogP contribution in [0.25, 0.3) is 0 Å². The third-order valence-electron chi connectivity index (χ3n) is 2.90. The molecular formula is C15H14ClF2N. The number of nitrogens with one attached hydrogen (secondary N) is 1. The van der Waals surface area contributed by atoms with Gasteiger partial charge in [-0.1, -0.05) is 42.8 Å². The molecule has 0 amide bonds. The van der Waals surface area contributed by atoms with E-state index in [-0.39, 0.29) is 16.9 Å². The van der Waals surface area contributed by atoms with Crippen molar-refractivity contribution in [1.82, 2.24) is 5.32 Å². The summed E-state index contributed by atoms with van der Waals surface area (Å²) in [6.07, 6.45) is 0. The summed E-state index contributed by atoms with van der Waals surface area (Å²) in [4.78, 5) is 0. The Labute approximate surface area is 116 Å². The van der Waals surface area contributed by atoms with E-state index >= 15 is 0 Å². The van der Waals surface area contributed by atoms with Crippen LogP contribution in [0.3, 0.4) is 0 Å². The number of hydrogen-bond donors (Lipinski definition) is 1. The van der Waals surface area contributed by atoms with Crippen LogP contribution in [0, 0.1) is 11.6 Å². The van der Waals surface area contributed by atoms with Crippen molar-refractivity contribution in [3.63, 3.8) is 0 Å². The van der Waals surface area contributed by atoms with Crippen LogP contribution in [0.15, 0.2) is 42.5 Å². The third kappa shape index (κ3) is 3.11. The monoisotopic (exact) mass is 281 g/mol. The van der Waals surface area contributed by atoms with Crippen molar-refractivity contribution in [2.45, 2.75) is 13.0 Å². The molecular weight excluding hydrogens is 268 g/mol. The maximum atomic E-state index is 13.5. The van der Waals surface area contributed by atoms with Gasteiger partial charge in [-0.15, -0.1) is 0 Å². The molecule has 1 unspecified atom stereocenters. The van der Waals surface area contributed by atoms with Crippen molar-refractivity contribution in [3.05, 3.63) is 70.2 Å². The van der Waals surface area contributed by atoms with E-state index in [0.29, 0.717) is 12.1 Å². The number of halogens is 3. The highest BCUT2D eigenvalue weighted by atomic mass is 35.5. The molecule has 0 spiro atoms. The van der Waals surface area contributed by atoms with Crippen LogP contribution in [-0.2, 0) is 0 Å². The largest absolute Gasteiger partial charge is 0.306 e. The maximum absolute atomic E-state index is 13.5. The van der Waals surface area contributed by atoms with Crippen LogP contribution >= 0.6 is 11.6 Å². The van der Waals surface area contributed by atoms with Crippen molar-refractivity contribution in [2.24, 2.45) is 0 Å². The number of benzene rings is 2. The Balaban J connectivity index is 2.45. The lowest BCUT2D eigenvalue weighted by molar-refractivity contribution is 0.599. The van der Waals surface area contributed by atoms with Gasteiger partial charge in [-0.05, 0) is 35.9 Å². The molecule has 2 aromatic carbocycles. The van der Waals surface area contributed by atoms with Crippen molar-refractivity contribution in [3.8, 4) is 0 Å². The molecule has 1 atom stereocenters. The third-order valence-corrected chi connectivity index (χ3v) is 3.30. The first kappa shape index (κ1) is 14.0. The van der Waals surface area contributed by atoms with E-state index in [9.17, 15) is 8.78 Å². The van der Waals surface area contributed by atoms with E-state index in [0.717, 1.165) is 5.56 Å². The fraction of sp³-hybridized carbons (Fsp3) is 0.200. The lowest BCUT2D eigenvalue weighted by Crippen LogP contribution is -2.22. The lowest BCUT2D eigenvalue weighted by atomic mass is 9.98. The van der Waals surface area contributed by atoms with Gasteiger partial charge in [0.25, 0.3) is 0 Å². The SMILES string of the molecule is CCNC(c1ccc(F)cc1)c1cccc(F)c1Cl. The molecule has 2 aromatic rings. The Bertz CT molecular complexity index is 555. The predicted octanol–water partition coefficient (Wildman–Crippen LogP) is 4.32. The zero-order chi connectivity index (χ0) is 13.8. The summed E-state index contributed by atoms with van der Waals surface area (Å²) in [5.74, 6) is -0.756. The highest BCUT2D eigenvalue weighted by Gasteiger charge is 2.17. The molecule has 0 aromatic heterocycles. The number of rotatable bonds is 4. The van der Waals surface area contributed by atoms with E-state index in [4.69, 9.17) is 11.6 Å². The Morgan fingerprint density at radius 2 is 1.79 bits per heavy atom. The Morgan fingerprint density at radius 1 is 1.11 bits per heavy atom. The minimum Gasteiger partial charge on any atom is -0.306 e. The molecule has 4 heteroatoms. The average molecular weight is 282 g/mol. The molecule has 0 radical (unpaired) electrons. The zero-order valence-corrected chi connectivity index (χ0v) is 11.2. The maximum Gasteiger partial charge on any atom is 0.142 e. The first-order valence-electron chi connectivity index (χ1n) is 6.06. The minimum absolute atomic E-state index is 0.0952. The lowest BCUT2D eigenvalue weighted by Gasteiger charge is -2.20. The zero-order valence-electron chi connectivity index (χ0n) is 10.5. The van der Waals surface area contributed by atoms with Gasteiger partial charge >= 0.3 is 0 Å². The Hall–Kier alpha value is -1.45. The van der Waals surface area contributed by atoms with Crippen LogP contribution in [0.2, 0.25) is 5.02 Å². The topological polar surface area (TPSA) is 12.0 Å². The molecule has 0 aliphatic carbocycles. The van der Waals surface area contributed by atoms with Gasteiger partial charge in [0.15, 0.2) is 0 Å². The van der Waals surface area contributed by atoms with E-state index in [2.05, 4.69) is 5.32 Å². The highest BCUT2D eigenvalue weighted by Crippen LogP contribution is 2.30. The number of hydrogen-bond acceptors (Lipinski definition) is 1. The van der Waals surface area contributed by atoms with Gasteiger partial charge < -0.3 is 5.32 Å². The summed E-state index contributed by atoms with van der Waals surface area (Å²) in [7, 11) is 0. The van der Waals surface area contributed by atoms with Crippen LogP contribution in [-0.4, -0.2) is 6.54 Å². The molecule has 100 valence electrons. The summed E-state index contributed by atoms with van der Waals surface area (Å²) in [5, 5.41) is 3.32. The molecule has 0 bridgehead atoms. The second-order valence-electron chi connectivity index (χ2n) is 4.19. The van der Waals surface area contributed by atoms with E-state index in [1.807, 2.05) is 6.92 Å². The first-order valence-corrected chi connectivity index (χ1v) is 6.44. The average Bonchev–Trinajstić information content (AvgIpc) is 2.41. The molecule has 0 aliphatic heterocycles. The van der Waals surface area contributed by atoms with Crippen molar-refractivity contribution < 1.29 is 8.78 Å². The van der Waals surface area contributed by atoms with Gasteiger partial charge in [-0.2, -0.15) is 0 Å². The Morgan fingerprint density at radius 3 is 2.42 bits per heavy atom. The van der Waals surface area contributed by atoms with Gasteiger partial charge in [0, 0.05) is 0 Å². The summed E-state index contributed by atoms with van der Waals surface area (Å²) < 4.78 is 26.5. The van der Waals surface area contributed by atoms with Crippen molar-refractivity contribution in [1.29, 1.82) is 0 Å². The molecule has 2 rings (SSSR count). The van der Waals surface area contributed by atoms with Crippen LogP contribution in [0.4, 0.5) is 8.78 Å². The summed E-state index contributed by atoms with van der Waals surface area (Å²) in [5.41, 5.74) is 1.49. The summed E-state index contributed by atoms with van der Waals surface area (Å²) >= 11 is 6.02. The van der Waals surface area contributed by atoms with Gasteiger partial charge in [-0.3, -0.25) is 0 Å². The molecule has 19 heavy (non-hydrogen) atoms. The first-order chi connectivity index (χ1) is 9.13. The highest BCUT2D eigenvalue weighted by molar-refractivity contribution is 6.31. The smallest absolute Gasteiger partial charge is 0.142 e. The fourth-order valence-corrected chi connectivity index (χ4v) is 2.25. The molecule has 0 fully saturated rings. The fourth-order valence-electron chi connectivity index (χ4n) is 2.01. The van der Waals surface area contributed by atoms with E-state index in [1.54, 1.807) is 24.3 Å². The van der Waals surface area contributed by atoms with Crippen LogP contribution in [0.1, 0.15) is 24.1 Å².